The molecule has 1 atom stereocenters. The smallest absolute Gasteiger partial charge is 0.394 e. The highest BCUT2D eigenvalue weighted by Crippen LogP contribution is 2.44. The molecule has 0 radical (unpaired) electrons. The third-order valence-corrected chi connectivity index (χ3v) is 4.55. The fourth-order valence-electron chi connectivity index (χ4n) is 3.24. The summed E-state index contributed by atoms with van der Waals surface area (Å²) in [6.45, 7) is 3.14. The number of nitrogens with two attached hydrogens (primary N) is 1. The number of carbonyl (C=O) groups excluding carboxylic acids is 1. The lowest BCUT2D eigenvalue weighted by Crippen LogP contribution is -2.49. The highest BCUT2D eigenvalue weighted by atomic mass is 35.5. The molecule has 1 saturated heterocycles. The maximum Gasteiger partial charge on any atom is 0.394 e. The van der Waals surface area contributed by atoms with E-state index in [9.17, 15) is 18.0 Å². The Morgan fingerprint density at radius 3 is 2.48 bits per heavy atom. The van der Waals surface area contributed by atoms with Gasteiger partial charge in [0.1, 0.15) is 0 Å². The molecule has 130 valence electrons. The Labute approximate surface area is 140 Å². The zero-order valence-corrected chi connectivity index (χ0v) is 14.0. The lowest BCUT2D eigenvalue weighted by molar-refractivity contribution is -0.192. The molecule has 1 unspecified atom stereocenters. The second-order valence-electron chi connectivity index (χ2n) is 6.28. The number of nitrogen functional groups attached to an aromatic ring is 1. The third-order valence-electron chi connectivity index (χ3n) is 4.55. The summed E-state index contributed by atoms with van der Waals surface area (Å²) in [4.78, 5) is 13.7. The van der Waals surface area contributed by atoms with Crippen LogP contribution in [0.4, 0.5) is 18.9 Å². The van der Waals surface area contributed by atoms with E-state index >= 15 is 0 Å². The molecule has 0 aliphatic carbocycles. The molecule has 23 heavy (non-hydrogen) atoms. The van der Waals surface area contributed by atoms with Crippen molar-refractivity contribution >= 4 is 24.0 Å². The minimum absolute atomic E-state index is 0. The number of likely N-dealkylation sites (tertiary alicyclic amines) is 1. The van der Waals surface area contributed by atoms with Gasteiger partial charge in [-0.15, -0.1) is 12.4 Å². The van der Waals surface area contributed by atoms with Crippen molar-refractivity contribution in [1.82, 2.24) is 4.90 Å². The fraction of sp³-hybridized carbons (Fsp3) is 0.562. The Bertz CT molecular complexity index is 561. The van der Waals surface area contributed by atoms with E-state index in [1.54, 1.807) is 12.1 Å². The first-order chi connectivity index (χ1) is 10.1. The third kappa shape index (κ3) is 4.10. The van der Waals surface area contributed by atoms with Gasteiger partial charge >= 0.3 is 6.18 Å². The molecule has 3 nitrogen and oxygen atoms in total. The quantitative estimate of drug-likeness (QED) is 0.842. The molecule has 0 spiro atoms. The predicted molar refractivity (Wildman–Crippen MR) is 86.4 cm³/mol. The Hall–Kier alpha value is -1.43. The Morgan fingerprint density at radius 2 is 1.96 bits per heavy atom. The Kier molecular flexibility index (Phi) is 5.96. The molecule has 2 N–H and O–H groups in total. The van der Waals surface area contributed by atoms with E-state index in [2.05, 4.69) is 0 Å². The molecule has 1 amide bonds. The van der Waals surface area contributed by atoms with E-state index in [0.29, 0.717) is 12.1 Å². The van der Waals surface area contributed by atoms with Crippen molar-refractivity contribution in [2.45, 2.75) is 44.8 Å². The van der Waals surface area contributed by atoms with E-state index in [4.69, 9.17) is 5.73 Å². The summed E-state index contributed by atoms with van der Waals surface area (Å²) in [6.07, 6.45) is -3.70. The van der Waals surface area contributed by atoms with Crippen LogP contribution in [0.1, 0.15) is 32.3 Å². The van der Waals surface area contributed by atoms with E-state index in [1.807, 2.05) is 12.1 Å². The van der Waals surface area contributed by atoms with E-state index in [0.717, 1.165) is 5.56 Å². The minimum Gasteiger partial charge on any atom is -0.399 e. The van der Waals surface area contributed by atoms with Gasteiger partial charge in [0.05, 0.1) is 5.92 Å². The molecule has 1 aliphatic rings. The molecule has 2 rings (SSSR count). The highest BCUT2D eigenvalue weighted by molar-refractivity contribution is 5.85. The first kappa shape index (κ1) is 19.6. The number of alkyl halides is 3. The molecule has 1 fully saturated rings. The maximum atomic E-state index is 13.0. The molecule has 1 aromatic carbocycles. The van der Waals surface area contributed by atoms with Gasteiger partial charge in [0, 0.05) is 24.2 Å². The number of anilines is 1. The zero-order chi connectivity index (χ0) is 16.5. The Morgan fingerprint density at radius 1 is 1.35 bits per heavy atom. The van der Waals surface area contributed by atoms with Crippen LogP contribution in [0, 0.1) is 5.92 Å². The van der Waals surface area contributed by atoms with Gasteiger partial charge in [-0.25, -0.2) is 0 Å². The number of amides is 1. The average molecular weight is 351 g/mol. The van der Waals surface area contributed by atoms with Crippen LogP contribution in [0.5, 0.6) is 0 Å². The summed E-state index contributed by atoms with van der Waals surface area (Å²) in [5, 5.41) is 0. The van der Waals surface area contributed by atoms with Crippen molar-refractivity contribution in [3.8, 4) is 0 Å². The molecule has 0 bridgehead atoms. The van der Waals surface area contributed by atoms with Crippen LogP contribution < -0.4 is 5.73 Å². The van der Waals surface area contributed by atoms with Crippen molar-refractivity contribution in [1.29, 1.82) is 0 Å². The highest BCUT2D eigenvalue weighted by Gasteiger charge is 2.55. The van der Waals surface area contributed by atoms with Crippen LogP contribution in [0.3, 0.4) is 0 Å². The van der Waals surface area contributed by atoms with Gasteiger partial charge in [-0.2, -0.15) is 13.2 Å². The zero-order valence-electron chi connectivity index (χ0n) is 13.2. The normalized spacial score (nSPS) is 20.2. The van der Waals surface area contributed by atoms with Crippen LogP contribution in [0.15, 0.2) is 24.3 Å². The summed E-state index contributed by atoms with van der Waals surface area (Å²) in [5.74, 6) is -1.72. The second-order valence-corrected chi connectivity index (χ2v) is 6.28. The van der Waals surface area contributed by atoms with Gasteiger partial charge in [-0.1, -0.05) is 18.2 Å². The lowest BCUT2D eigenvalue weighted by Gasteiger charge is -2.36. The number of aryl methyl sites for hydroxylation is 1. The Balaban J connectivity index is 0.00000264. The summed E-state index contributed by atoms with van der Waals surface area (Å²) >= 11 is 0. The number of hydrogen-bond acceptors (Lipinski definition) is 2. The molecule has 0 aromatic heterocycles. The summed E-state index contributed by atoms with van der Waals surface area (Å²) in [7, 11) is 0. The average Bonchev–Trinajstić information content (AvgIpc) is 2.72. The first-order valence-electron chi connectivity index (χ1n) is 7.34. The number of benzene rings is 1. The summed E-state index contributed by atoms with van der Waals surface area (Å²) in [5.41, 5.74) is 6.07. The minimum atomic E-state index is -4.28. The topological polar surface area (TPSA) is 46.3 Å². The molecule has 1 heterocycles. The molecular weight excluding hydrogens is 329 g/mol. The van der Waals surface area contributed by atoms with Gasteiger partial charge < -0.3 is 10.6 Å². The number of para-hydroxylation sites is 1. The number of halogens is 4. The number of nitrogens with zero attached hydrogens (tertiary/aromatic N) is 1. The van der Waals surface area contributed by atoms with Crippen molar-refractivity contribution in [2.24, 2.45) is 5.92 Å². The lowest BCUT2D eigenvalue weighted by atomic mass is 9.87. The van der Waals surface area contributed by atoms with Crippen LogP contribution in [-0.2, 0) is 11.2 Å². The summed E-state index contributed by atoms with van der Waals surface area (Å²) < 4.78 is 39.1. The van der Waals surface area contributed by atoms with Gasteiger partial charge in [0.25, 0.3) is 0 Å². The monoisotopic (exact) mass is 350 g/mol. The van der Waals surface area contributed by atoms with Crippen molar-refractivity contribution in [3.05, 3.63) is 29.8 Å². The van der Waals surface area contributed by atoms with Crippen LogP contribution in [-0.4, -0.2) is 29.1 Å². The molecule has 7 heteroatoms. The van der Waals surface area contributed by atoms with Crippen molar-refractivity contribution in [2.75, 3.05) is 12.3 Å². The van der Waals surface area contributed by atoms with Crippen LogP contribution in [0.25, 0.3) is 0 Å². The fourth-order valence-corrected chi connectivity index (χ4v) is 3.24. The predicted octanol–water partition coefficient (Wildman–Crippen LogP) is 3.81. The van der Waals surface area contributed by atoms with Crippen LogP contribution in [0.2, 0.25) is 0 Å². The van der Waals surface area contributed by atoms with Crippen molar-refractivity contribution < 1.29 is 18.0 Å². The molecular formula is C16H22ClF3N2O. The number of hydrogen-bond donors (Lipinski definition) is 1. The summed E-state index contributed by atoms with van der Waals surface area (Å²) in [6, 6.07) is 7.21. The second kappa shape index (κ2) is 6.99. The van der Waals surface area contributed by atoms with E-state index in [-0.39, 0.29) is 37.7 Å². The van der Waals surface area contributed by atoms with Gasteiger partial charge in [-0.05, 0) is 38.3 Å². The molecule has 1 aromatic rings. The SMILES string of the molecule is CC1(C)C(C(F)(F)F)CCN1C(=O)CCc1ccccc1N.Cl. The van der Waals surface area contributed by atoms with Crippen LogP contribution >= 0.6 is 12.4 Å². The van der Waals surface area contributed by atoms with E-state index < -0.39 is 17.6 Å². The standard InChI is InChI=1S/C16H21F3N2O.ClH/c1-15(2)13(16(17,18)19)9-10-21(15)14(22)8-7-11-5-3-4-6-12(11)20;/h3-6,13H,7-10,20H2,1-2H3;1H. The maximum absolute atomic E-state index is 13.0. The van der Waals surface area contributed by atoms with Gasteiger partial charge in [0.15, 0.2) is 0 Å². The van der Waals surface area contributed by atoms with E-state index in [1.165, 1.54) is 18.7 Å². The van der Waals surface area contributed by atoms with Crippen molar-refractivity contribution in [3.63, 3.8) is 0 Å². The molecule has 1 aliphatic heterocycles. The van der Waals surface area contributed by atoms with Gasteiger partial charge in [-0.3, -0.25) is 4.79 Å². The van der Waals surface area contributed by atoms with Gasteiger partial charge in [0.2, 0.25) is 5.91 Å². The molecule has 0 saturated carbocycles. The first-order valence-corrected chi connectivity index (χ1v) is 7.34. The number of carbonyl (C=O) groups is 1. The number of rotatable bonds is 3. The largest absolute Gasteiger partial charge is 0.399 e.